The lowest BCUT2D eigenvalue weighted by Gasteiger charge is -2.35. The number of carbonyl (C=O) groups excluding carboxylic acids is 1. The van der Waals surface area contributed by atoms with E-state index in [0.717, 1.165) is 44.0 Å². The Kier molecular flexibility index (Phi) is 14.4. The minimum Gasteiger partial charge on any atom is -0.492 e. The maximum absolute atomic E-state index is 11.6. The molecular weight excluding hydrogens is 376 g/mol. The summed E-state index contributed by atoms with van der Waals surface area (Å²) in [6.07, 6.45) is 1.25. The second-order valence-electron chi connectivity index (χ2n) is 8.31. The molecule has 2 rings (SSSR count). The molecule has 0 atom stereocenters. The summed E-state index contributed by atoms with van der Waals surface area (Å²) < 4.78 is 10.7. The maximum atomic E-state index is 11.6. The molecule has 5 heteroatoms. The molecule has 5 nitrogen and oxygen atoms in total. The summed E-state index contributed by atoms with van der Waals surface area (Å²) in [7, 11) is 1.39. The number of esters is 1. The zero-order valence-corrected chi connectivity index (χ0v) is 21.0. The van der Waals surface area contributed by atoms with Gasteiger partial charge in [-0.2, -0.15) is 0 Å². The van der Waals surface area contributed by atoms with Crippen molar-refractivity contribution >= 4 is 5.97 Å². The Morgan fingerprint density at radius 3 is 1.97 bits per heavy atom. The summed E-state index contributed by atoms with van der Waals surface area (Å²) in [5.74, 6) is 0.519. The molecule has 1 aliphatic heterocycles. The van der Waals surface area contributed by atoms with Gasteiger partial charge >= 0.3 is 5.97 Å². The average Bonchev–Trinajstić information content (AvgIpc) is 2.76. The van der Waals surface area contributed by atoms with Crippen LogP contribution in [0.3, 0.4) is 0 Å². The molecule has 0 amide bonds. The van der Waals surface area contributed by atoms with Crippen LogP contribution in [0.4, 0.5) is 0 Å². The van der Waals surface area contributed by atoms with Gasteiger partial charge in [-0.25, -0.2) is 4.79 Å². The molecule has 1 saturated heterocycles. The van der Waals surface area contributed by atoms with Crippen LogP contribution >= 0.6 is 0 Å². The Balaban J connectivity index is 0.00000198. The molecule has 1 fully saturated rings. The minimum absolute atomic E-state index is 0.316. The van der Waals surface area contributed by atoms with Crippen molar-refractivity contribution in [1.29, 1.82) is 0 Å². The topological polar surface area (TPSA) is 42.0 Å². The van der Waals surface area contributed by atoms with Gasteiger partial charge in [0.25, 0.3) is 0 Å². The van der Waals surface area contributed by atoms with Gasteiger partial charge in [-0.05, 0) is 49.1 Å². The van der Waals surface area contributed by atoms with Gasteiger partial charge in [0.15, 0.2) is 0 Å². The lowest BCUT2D eigenvalue weighted by Crippen LogP contribution is -2.48. The van der Waals surface area contributed by atoms with Gasteiger partial charge < -0.3 is 14.4 Å². The summed E-state index contributed by atoms with van der Waals surface area (Å²) in [5.41, 5.74) is 1.93. The Morgan fingerprint density at radius 1 is 0.967 bits per heavy atom. The zero-order chi connectivity index (χ0) is 23.2. The van der Waals surface area contributed by atoms with Crippen molar-refractivity contribution in [3.8, 4) is 5.75 Å². The molecule has 1 aliphatic rings. The van der Waals surface area contributed by atoms with Crippen LogP contribution in [0, 0.1) is 12.3 Å². The summed E-state index contributed by atoms with van der Waals surface area (Å²) in [4.78, 5) is 16.6. The molecule has 0 bridgehead atoms. The number of piperazine rings is 1. The average molecular weight is 423 g/mol. The van der Waals surface area contributed by atoms with E-state index in [-0.39, 0.29) is 5.97 Å². The van der Waals surface area contributed by atoms with Crippen LogP contribution in [-0.4, -0.2) is 68.8 Å². The van der Waals surface area contributed by atoms with Crippen LogP contribution in [0.15, 0.2) is 18.2 Å². The number of nitrogens with zero attached hydrogens (tertiary/aromatic N) is 2. The van der Waals surface area contributed by atoms with E-state index in [0.29, 0.717) is 17.6 Å². The fourth-order valence-corrected chi connectivity index (χ4v) is 3.07. The van der Waals surface area contributed by atoms with Crippen LogP contribution < -0.4 is 4.74 Å². The van der Waals surface area contributed by atoms with E-state index in [1.54, 1.807) is 6.07 Å². The van der Waals surface area contributed by atoms with Crippen molar-refractivity contribution in [3.63, 3.8) is 0 Å². The molecule has 0 spiro atoms. The van der Waals surface area contributed by atoms with Crippen LogP contribution in [0.2, 0.25) is 0 Å². The van der Waals surface area contributed by atoms with Gasteiger partial charge in [-0.3, -0.25) is 4.90 Å². The second kappa shape index (κ2) is 15.2. The van der Waals surface area contributed by atoms with E-state index in [4.69, 9.17) is 9.47 Å². The van der Waals surface area contributed by atoms with E-state index >= 15 is 0 Å². The molecule has 0 unspecified atom stereocenters. The van der Waals surface area contributed by atoms with Crippen LogP contribution in [0.1, 0.15) is 70.8 Å². The number of carbonyl (C=O) groups is 1. The third-order valence-electron chi connectivity index (χ3n) is 4.90. The summed E-state index contributed by atoms with van der Waals surface area (Å²) in [5, 5.41) is 0. The summed E-state index contributed by atoms with van der Waals surface area (Å²) in [6, 6.07) is 5.42. The molecule has 0 aliphatic carbocycles. The third-order valence-corrected chi connectivity index (χ3v) is 4.90. The van der Waals surface area contributed by atoms with Crippen LogP contribution in [-0.2, 0) is 4.74 Å². The normalized spacial score (nSPS) is 14.7. The fraction of sp³-hybridized carbons (Fsp3) is 0.720. The molecule has 0 saturated carbocycles. The van der Waals surface area contributed by atoms with E-state index in [9.17, 15) is 4.79 Å². The highest BCUT2D eigenvalue weighted by Gasteiger charge is 2.19. The van der Waals surface area contributed by atoms with Gasteiger partial charge in [0.2, 0.25) is 0 Å². The number of hydrogen-bond acceptors (Lipinski definition) is 5. The lowest BCUT2D eigenvalue weighted by atomic mass is 9.92. The van der Waals surface area contributed by atoms with Gasteiger partial charge in [0.05, 0.1) is 12.7 Å². The molecule has 174 valence electrons. The smallest absolute Gasteiger partial charge is 0.337 e. The monoisotopic (exact) mass is 422 g/mol. The highest BCUT2D eigenvalue weighted by Crippen LogP contribution is 2.20. The van der Waals surface area contributed by atoms with Crippen molar-refractivity contribution in [2.24, 2.45) is 5.41 Å². The van der Waals surface area contributed by atoms with E-state index in [2.05, 4.69) is 30.6 Å². The van der Waals surface area contributed by atoms with Crippen molar-refractivity contribution in [1.82, 2.24) is 9.80 Å². The standard InChI is InChI=1S/C21H34N2O3.2C2H6/c1-17-16-18(20(24)25-5)6-7-19(17)26-15-14-23-12-10-22(11-13-23)9-8-21(2,3)4;2*1-2/h6-7,16H,8-15H2,1-5H3;2*1-2H3. The number of benzene rings is 1. The molecule has 1 aromatic carbocycles. The van der Waals surface area contributed by atoms with Crippen molar-refractivity contribution in [2.45, 2.75) is 61.8 Å². The Morgan fingerprint density at radius 2 is 1.50 bits per heavy atom. The minimum atomic E-state index is -0.316. The predicted molar refractivity (Wildman–Crippen MR) is 128 cm³/mol. The first-order valence-electron chi connectivity index (χ1n) is 11.5. The highest BCUT2D eigenvalue weighted by molar-refractivity contribution is 5.89. The predicted octanol–water partition coefficient (Wildman–Crippen LogP) is 5.27. The van der Waals surface area contributed by atoms with E-state index < -0.39 is 0 Å². The van der Waals surface area contributed by atoms with E-state index in [1.165, 1.54) is 20.1 Å². The lowest BCUT2D eigenvalue weighted by molar-refractivity contribution is 0.0600. The largest absolute Gasteiger partial charge is 0.492 e. The third kappa shape index (κ3) is 11.0. The zero-order valence-electron chi connectivity index (χ0n) is 21.0. The van der Waals surface area contributed by atoms with Gasteiger partial charge in [-0.1, -0.05) is 48.5 Å². The number of aryl methyl sites for hydroxylation is 1. The molecule has 30 heavy (non-hydrogen) atoms. The first-order chi connectivity index (χ1) is 14.3. The summed E-state index contributed by atoms with van der Waals surface area (Å²) in [6.45, 7) is 24.2. The van der Waals surface area contributed by atoms with Crippen LogP contribution in [0.5, 0.6) is 5.75 Å². The molecule has 1 heterocycles. The molecule has 0 radical (unpaired) electrons. The molecule has 1 aromatic rings. The number of methoxy groups -OCH3 is 1. The maximum Gasteiger partial charge on any atom is 0.337 e. The van der Waals surface area contributed by atoms with Crippen molar-refractivity contribution in [3.05, 3.63) is 29.3 Å². The Bertz CT molecular complexity index is 589. The molecular formula is C25H46N2O3. The highest BCUT2D eigenvalue weighted by atomic mass is 16.5. The van der Waals surface area contributed by atoms with Crippen molar-refractivity contribution < 1.29 is 14.3 Å². The number of hydrogen-bond donors (Lipinski definition) is 0. The first-order valence-corrected chi connectivity index (χ1v) is 11.5. The Hall–Kier alpha value is -1.59. The molecule has 0 N–H and O–H groups in total. The number of rotatable bonds is 7. The van der Waals surface area contributed by atoms with Gasteiger partial charge in [-0.15, -0.1) is 0 Å². The quantitative estimate of drug-likeness (QED) is 0.560. The second-order valence-corrected chi connectivity index (χ2v) is 8.31. The van der Waals surface area contributed by atoms with Crippen LogP contribution in [0.25, 0.3) is 0 Å². The SMILES string of the molecule is CC.CC.COC(=O)c1ccc(OCCN2CCN(CCC(C)(C)C)CC2)c(C)c1. The van der Waals surface area contributed by atoms with Gasteiger partial charge in [0, 0.05) is 32.7 Å². The van der Waals surface area contributed by atoms with Gasteiger partial charge in [0.1, 0.15) is 12.4 Å². The molecule has 0 aromatic heterocycles. The fourth-order valence-electron chi connectivity index (χ4n) is 3.07. The first kappa shape index (κ1) is 28.4. The summed E-state index contributed by atoms with van der Waals surface area (Å²) >= 11 is 0. The Labute approximate surface area is 185 Å². The van der Waals surface area contributed by atoms with E-state index in [1.807, 2.05) is 46.8 Å². The number of ether oxygens (including phenoxy) is 2. The van der Waals surface area contributed by atoms with Crippen molar-refractivity contribution in [2.75, 3.05) is 53.0 Å².